The van der Waals surface area contributed by atoms with Crippen LogP contribution in [-0.2, 0) is 9.59 Å². The summed E-state index contributed by atoms with van der Waals surface area (Å²) in [7, 11) is 1.54. The Bertz CT molecular complexity index is 899. The van der Waals surface area contributed by atoms with Crippen LogP contribution in [0.25, 0.3) is 0 Å². The monoisotopic (exact) mass is 406 g/mol. The molecule has 0 aliphatic heterocycles. The fourth-order valence-corrected chi connectivity index (χ4v) is 3.23. The molecule has 1 aromatic carbocycles. The molecule has 140 valence electrons. The number of hydrogen-bond donors (Lipinski definition) is 3. The molecule has 7 nitrogen and oxygen atoms in total. The number of anilines is 2. The van der Waals surface area contributed by atoms with Gasteiger partial charge in [-0.25, -0.2) is 4.98 Å². The normalized spacial score (nSPS) is 17.7. The summed E-state index contributed by atoms with van der Waals surface area (Å²) in [6, 6.07) is 7.87. The zero-order valence-corrected chi connectivity index (χ0v) is 15.8. The van der Waals surface area contributed by atoms with Gasteiger partial charge in [-0.2, -0.15) is 0 Å². The fraction of sp³-hybridized carbons (Fsp3) is 0.222. The van der Waals surface area contributed by atoms with Crippen molar-refractivity contribution in [3.8, 4) is 0 Å². The van der Waals surface area contributed by atoms with E-state index in [4.69, 9.17) is 23.2 Å². The lowest BCUT2D eigenvalue weighted by atomic mass is 10.2. The van der Waals surface area contributed by atoms with Gasteiger partial charge in [0.05, 0.1) is 27.4 Å². The Morgan fingerprint density at radius 2 is 1.70 bits per heavy atom. The van der Waals surface area contributed by atoms with Gasteiger partial charge in [0.1, 0.15) is 5.82 Å². The first-order valence-corrected chi connectivity index (χ1v) is 8.90. The first-order valence-electron chi connectivity index (χ1n) is 8.14. The van der Waals surface area contributed by atoms with Crippen molar-refractivity contribution in [2.24, 2.45) is 11.8 Å². The van der Waals surface area contributed by atoms with Crippen LogP contribution in [-0.4, -0.2) is 29.8 Å². The van der Waals surface area contributed by atoms with Crippen molar-refractivity contribution in [1.82, 2.24) is 10.3 Å². The molecule has 1 fully saturated rings. The molecule has 3 N–H and O–H groups in total. The Morgan fingerprint density at radius 3 is 2.37 bits per heavy atom. The third kappa shape index (κ3) is 4.37. The Kier molecular flexibility index (Phi) is 5.62. The minimum absolute atomic E-state index is 0.152. The van der Waals surface area contributed by atoms with Crippen LogP contribution in [0.2, 0.25) is 10.0 Å². The second-order valence-electron chi connectivity index (χ2n) is 6.03. The Labute approximate surface area is 165 Å². The van der Waals surface area contributed by atoms with Crippen molar-refractivity contribution in [2.45, 2.75) is 6.42 Å². The van der Waals surface area contributed by atoms with Crippen LogP contribution >= 0.6 is 23.2 Å². The van der Waals surface area contributed by atoms with Crippen LogP contribution in [0.5, 0.6) is 0 Å². The standard InChI is InChI=1S/C18H16Cl2N4O3/c1-21-16(25)10-8-11(10)17(26)24-14-7-9(5-6-22-14)23-18(27)15-12(19)3-2-4-13(15)20/h2-7,10-11H,8H2,1H3,(H,21,25)(H2,22,23,24,26,27)/t10-,11+/m0/s1. The topological polar surface area (TPSA) is 100 Å². The molecule has 27 heavy (non-hydrogen) atoms. The summed E-state index contributed by atoms with van der Waals surface area (Å²) in [6.07, 6.45) is 1.95. The van der Waals surface area contributed by atoms with Crippen molar-refractivity contribution >= 4 is 52.4 Å². The van der Waals surface area contributed by atoms with Gasteiger partial charge in [0.25, 0.3) is 5.91 Å². The van der Waals surface area contributed by atoms with E-state index >= 15 is 0 Å². The molecular formula is C18H16Cl2N4O3. The minimum atomic E-state index is -0.476. The molecule has 9 heteroatoms. The molecule has 0 saturated heterocycles. The lowest BCUT2D eigenvalue weighted by Gasteiger charge is -2.10. The van der Waals surface area contributed by atoms with Gasteiger partial charge in [-0.3, -0.25) is 14.4 Å². The zero-order valence-electron chi connectivity index (χ0n) is 14.3. The maximum Gasteiger partial charge on any atom is 0.258 e. The highest BCUT2D eigenvalue weighted by Crippen LogP contribution is 2.39. The van der Waals surface area contributed by atoms with Gasteiger partial charge in [0.15, 0.2) is 0 Å². The Balaban J connectivity index is 1.67. The smallest absolute Gasteiger partial charge is 0.258 e. The van der Waals surface area contributed by atoms with Crippen molar-refractivity contribution in [3.63, 3.8) is 0 Å². The number of rotatable bonds is 5. The van der Waals surface area contributed by atoms with Crippen molar-refractivity contribution < 1.29 is 14.4 Å². The van der Waals surface area contributed by atoms with Crippen molar-refractivity contribution in [3.05, 3.63) is 52.1 Å². The molecule has 1 aromatic heterocycles. The van der Waals surface area contributed by atoms with Crippen LogP contribution in [0.3, 0.4) is 0 Å². The highest BCUT2D eigenvalue weighted by Gasteiger charge is 2.47. The van der Waals surface area contributed by atoms with Gasteiger partial charge in [0, 0.05) is 25.0 Å². The molecule has 2 atom stereocenters. The van der Waals surface area contributed by atoms with E-state index in [9.17, 15) is 14.4 Å². The highest BCUT2D eigenvalue weighted by molar-refractivity contribution is 6.40. The largest absolute Gasteiger partial charge is 0.359 e. The van der Waals surface area contributed by atoms with Gasteiger partial charge in [-0.15, -0.1) is 0 Å². The lowest BCUT2D eigenvalue weighted by molar-refractivity contribution is -0.124. The number of carbonyl (C=O) groups excluding carboxylic acids is 3. The number of nitrogens with zero attached hydrogens (tertiary/aromatic N) is 1. The number of carbonyl (C=O) groups is 3. The first kappa shape index (κ1) is 19.1. The quantitative estimate of drug-likeness (QED) is 0.710. The minimum Gasteiger partial charge on any atom is -0.359 e. The third-order valence-corrected chi connectivity index (χ3v) is 4.80. The summed E-state index contributed by atoms with van der Waals surface area (Å²) in [5, 5.41) is 8.32. The third-order valence-electron chi connectivity index (χ3n) is 4.17. The van der Waals surface area contributed by atoms with E-state index in [1.54, 1.807) is 24.3 Å². The lowest BCUT2D eigenvalue weighted by Crippen LogP contribution is -2.24. The Hall–Kier alpha value is -2.64. The molecule has 0 unspecified atom stereocenters. The van der Waals surface area contributed by atoms with E-state index in [1.807, 2.05) is 0 Å². The molecule has 1 saturated carbocycles. The number of aromatic nitrogens is 1. The van der Waals surface area contributed by atoms with E-state index in [0.717, 1.165) is 0 Å². The highest BCUT2D eigenvalue weighted by atomic mass is 35.5. The van der Waals surface area contributed by atoms with Crippen LogP contribution in [0.15, 0.2) is 36.5 Å². The SMILES string of the molecule is CNC(=O)[C@H]1C[C@H]1C(=O)Nc1cc(NC(=O)c2c(Cl)cccc2Cl)ccn1. The van der Waals surface area contributed by atoms with E-state index in [2.05, 4.69) is 20.9 Å². The predicted molar refractivity (Wildman–Crippen MR) is 103 cm³/mol. The van der Waals surface area contributed by atoms with Crippen molar-refractivity contribution in [1.29, 1.82) is 0 Å². The van der Waals surface area contributed by atoms with Gasteiger partial charge >= 0.3 is 0 Å². The molecule has 0 spiro atoms. The number of nitrogens with one attached hydrogen (secondary N) is 3. The Morgan fingerprint density at radius 1 is 1.04 bits per heavy atom. The van der Waals surface area contributed by atoms with Crippen LogP contribution in [0.1, 0.15) is 16.8 Å². The summed E-state index contributed by atoms with van der Waals surface area (Å²) >= 11 is 12.1. The van der Waals surface area contributed by atoms with Crippen LogP contribution in [0.4, 0.5) is 11.5 Å². The number of pyridine rings is 1. The number of halogens is 2. The molecule has 3 rings (SSSR count). The van der Waals surface area contributed by atoms with Gasteiger partial charge in [-0.1, -0.05) is 29.3 Å². The van der Waals surface area contributed by atoms with Crippen LogP contribution in [0, 0.1) is 11.8 Å². The molecule has 2 aromatic rings. The summed E-state index contributed by atoms with van der Waals surface area (Å²) in [4.78, 5) is 40.2. The van der Waals surface area contributed by atoms with E-state index in [1.165, 1.54) is 19.3 Å². The van der Waals surface area contributed by atoms with E-state index < -0.39 is 5.91 Å². The maximum atomic E-state index is 12.4. The predicted octanol–water partition coefficient (Wildman–Crippen LogP) is 2.96. The summed E-state index contributed by atoms with van der Waals surface area (Å²) in [6.45, 7) is 0. The number of benzene rings is 1. The molecule has 1 heterocycles. The average Bonchev–Trinajstić information content (AvgIpc) is 3.42. The molecular weight excluding hydrogens is 391 g/mol. The van der Waals surface area contributed by atoms with Gasteiger partial charge < -0.3 is 16.0 Å². The summed E-state index contributed by atoms with van der Waals surface area (Å²) in [5.41, 5.74) is 0.578. The second-order valence-corrected chi connectivity index (χ2v) is 6.85. The zero-order chi connectivity index (χ0) is 19.6. The van der Waals surface area contributed by atoms with Gasteiger partial charge in [0.2, 0.25) is 11.8 Å². The molecule has 1 aliphatic carbocycles. The fourth-order valence-electron chi connectivity index (χ4n) is 2.66. The summed E-state index contributed by atoms with van der Waals surface area (Å²) in [5.74, 6) is -1.32. The molecule has 1 aliphatic rings. The molecule has 0 bridgehead atoms. The van der Waals surface area contributed by atoms with E-state index in [0.29, 0.717) is 12.1 Å². The number of amides is 3. The molecule has 3 amide bonds. The maximum absolute atomic E-state index is 12.4. The summed E-state index contributed by atoms with van der Waals surface area (Å²) < 4.78 is 0. The van der Waals surface area contributed by atoms with Crippen LogP contribution < -0.4 is 16.0 Å². The number of hydrogen-bond acceptors (Lipinski definition) is 4. The molecule has 0 radical (unpaired) electrons. The second kappa shape index (κ2) is 7.94. The van der Waals surface area contributed by atoms with Crippen molar-refractivity contribution in [2.75, 3.05) is 17.7 Å². The van der Waals surface area contributed by atoms with Gasteiger partial charge in [-0.05, 0) is 24.6 Å². The average molecular weight is 407 g/mol. The first-order chi connectivity index (χ1) is 12.9. The van der Waals surface area contributed by atoms with E-state index in [-0.39, 0.29) is 45.1 Å².